The zero-order valence-corrected chi connectivity index (χ0v) is 8.56. The summed E-state index contributed by atoms with van der Waals surface area (Å²) in [6.07, 6.45) is 4.55. The van der Waals surface area contributed by atoms with Crippen molar-refractivity contribution in [2.75, 3.05) is 0 Å². The van der Waals surface area contributed by atoms with Crippen LogP contribution in [0.15, 0.2) is 48.7 Å². The third-order valence-electron chi connectivity index (χ3n) is 2.90. The van der Waals surface area contributed by atoms with E-state index in [4.69, 9.17) is 0 Å². The Hall–Kier alpha value is -1.63. The molecule has 1 aromatic heterocycles. The molecule has 0 bridgehead atoms. The highest BCUT2D eigenvalue weighted by atomic mass is 14.7. The number of aromatic nitrogens is 1. The van der Waals surface area contributed by atoms with E-state index in [1.165, 1.54) is 24.0 Å². The van der Waals surface area contributed by atoms with Crippen LogP contribution in [0.5, 0.6) is 0 Å². The summed E-state index contributed by atoms with van der Waals surface area (Å²) in [7, 11) is 0. The molecule has 1 heterocycles. The van der Waals surface area contributed by atoms with Gasteiger partial charge in [-0.3, -0.25) is 4.98 Å². The number of rotatable bonds is 2. The van der Waals surface area contributed by atoms with Gasteiger partial charge in [-0.05, 0) is 42.5 Å². The Bertz CT molecular complexity index is 458. The molecule has 1 aromatic carbocycles. The molecule has 1 saturated carbocycles. The Balaban J connectivity index is 2.01. The van der Waals surface area contributed by atoms with Gasteiger partial charge < -0.3 is 0 Å². The largest absolute Gasteiger partial charge is 0.256 e. The highest BCUT2D eigenvalue weighted by molar-refractivity contribution is 5.60. The van der Waals surface area contributed by atoms with Crippen LogP contribution in [0, 0.1) is 0 Å². The van der Waals surface area contributed by atoms with Crippen molar-refractivity contribution >= 4 is 0 Å². The van der Waals surface area contributed by atoms with Crippen molar-refractivity contribution in [3.05, 3.63) is 54.2 Å². The van der Waals surface area contributed by atoms with Gasteiger partial charge in [-0.25, -0.2) is 0 Å². The lowest BCUT2D eigenvalue weighted by atomic mass is 10.0. The van der Waals surface area contributed by atoms with Gasteiger partial charge >= 0.3 is 0 Å². The van der Waals surface area contributed by atoms with Crippen molar-refractivity contribution in [2.45, 2.75) is 18.8 Å². The molecule has 1 fully saturated rings. The fourth-order valence-electron chi connectivity index (χ4n) is 1.90. The topological polar surface area (TPSA) is 12.9 Å². The number of hydrogen-bond acceptors (Lipinski definition) is 1. The van der Waals surface area contributed by atoms with Crippen LogP contribution >= 0.6 is 0 Å². The molecular formula is C14H13N. The predicted molar refractivity (Wildman–Crippen MR) is 61.6 cm³/mol. The number of pyridine rings is 1. The molecule has 0 amide bonds. The average molecular weight is 195 g/mol. The highest BCUT2D eigenvalue weighted by Crippen LogP contribution is 2.40. The predicted octanol–water partition coefficient (Wildman–Crippen LogP) is 3.63. The van der Waals surface area contributed by atoms with Crippen molar-refractivity contribution < 1.29 is 0 Å². The number of hydrogen-bond donors (Lipinski definition) is 0. The van der Waals surface area contributed by atoms with Crippen LogP contribution in [0.25, 0.3) is 11.3 Å². The average Bonchev–Trinajstić information content (AvgIpc) is 3.14. The molecule has 0 radical (unpaired) electrons. The van der Waals surface area contributed by atoms with E-state index < -0.39 is 0 Å². The van der Waals surface area contributed by atoms with Crippen LogP contribution in [0.1, 0.15) is 24.3 Å². The van der Waals surface area contributed by atoms with Crippen LogP contribution in [-0.4, -0.2) is 4.98 Å². The van der Waals surface area contributed by atoms with Gasteiger partial charge in [-0.1, -0.05) is 24.3 Å². The molecule has 0 atom stereocenters. The van der Waals surface area contributed by atoms with E-state index in [1.54, 1.807) is 0 Å². The molecule has 2 aromatic rings. The van der Waals surface area contributed by atoms with Crippen molar-refractivity contribution in [2.24, 2.45) is 0 Å². The smallest absolute Gasteiger partial charge is 0.0702 e. The van der Waals surface area contributed by atoms with Gasteiger partial charge in [0.1, 0.15) is 0 Å². The van der Waals surface area contributed by atoms with Crippen LogP contribution < -0.4 is 0 Å². The first kappa shape index (κ1) is 8.66. The standard InChI is InChI=1S/C14H13N/c1-2-9-15-14(6-1)13-5-3-4-12(10-13)11-7-8-11/h1-6,9-11H,7-8H2. The maximum absolute atomic E-state index is 4.37. The first-order valence-corrected chi connectivity index (χ1v) is 5.45. The molecule has 0 spiro atoms. The van der Waals surface area contributed by atoms with E-state index >= 15 is 0 Å². The van der Waals surface area contributed by atoms with Crippen molar-refractivity contribution in [3.63, 3.8) is 0 Å². The molecule has 74 valence electrons. The summed E-state index contributed by atoms with van der Waals surface area (Å²) in [6.45, 7) is 0. The molecule has 1 aliphatic rings. The minimum absolute atomic E-state index is 0.814. The van der Waals surface area contributed by atoms with Gasteiger partial charge in [0.05, 0.1) is 5.69 Å². The maximum atomic E-state index is 4.37. The lowest BCUT2D eigenvalue weighted by Crippen LogP contribution is -1.84. The maximum Gasteiger partial charge on any atom is 0.0702 e. The lowest BCUT2D eigenvalue weighted by molar-refractivity contribution is 1.13. The fraction of sp³-hybridized carbons (Fsp3) is 0.214. The minimum Gasteiger partial charge on any atom is -0.256 e. The molecule has 0 N–H and O–H groups in total. The van der Waals surface area contributed by atoms with Crippen LogP contribution in [0.4, 0.5) is 0 Å². The van der Waals surface area contributed by atoms with Gasteiger partial charge in [0.25, 0.3) is 0 Å². The third-order valence-corrected chi connectivity index (χ3v) is 2.90. The van der Waals surface area contributed by atoms with Gasteiger partial charge in [0.15, 0.2) is 0 Å². The van der Waals surface area contributed by atoms with E-state index in [0.29, 0.717) is 0 Å². The van der Waals surface area contributed by atoms with Gasteiger partial charge in [-0.2, -0.15) is 0 Å². The summed E-state index contributed by atoms with van der Waals surface area (Å²) in [4.78, 5) is 4.37. The summed E-state index contributed by atoms with van der Waals surface area (Å²) in [6, 6.07) is 14.8. The second kappa shape index (κ2) is 3.50. The SMILES string of the molecule is c1ccc(-c2cccc(C3CC3)c2)nc1. The molecule has 1 heteroatoms. The summed E-state index contributed by atoms with van der Waals surface area (Å²) < 4.78 is 0. The highest BCUT2D eigenvalue weighted by Gasteiger charge is 2.23. The lowest BCUT2D eigenvalue weighted by Gasteiger charge is -2.03. The first-order chi connectivity index (χ1) is 7.43. The molecule has 1 nitrogen and oxygen atoms in total. The summed E-state index contributed by atoms with van der Waals surface area (Å²) in [5.74, 6) is 0.814. The Morgan fingerprint density at radius 1 is 1.00 bits per heavy atom. The number of benzene rings is 1. The number of nitrogens with zero attached hydrogens (tertiary/aromatic N) is 1. The molecule has 0 saturated heterocycles. The van der Waals surface area contributed by atoms with Crippen molar-refractivity contribution in [1.82, 2.24) is 4.98 Å². The van der Waals surface area contributed by atoms with Gasteiger partial charge in [0.2, 0.25) is 0 Å². The third kappa shape index (κ3) is 1.78. The monoisotopic (exact) mass is 195 g/mol. The Morgan fingerprint density at radius 2 is 1.93 bits per heavy atom. The van der Waals surface area contributed by atoms with Crippen molar-refractivity contribution in [1.29, 1.82) is 0 Å². The molecule has 1 aliphatic carbocycles. The Morgan fingerprint density at radius 3 is 2.67 bits per heavy atom. The summed E-state index contributed by atoms with van der Waals surface area (Å²) in [5.41, 5.74) is 3.78. The van der Waals surface area contributed by atoms with E-state index in [-0.39, 0.29) is 0 Å². The Labute approximate surface area is 89.8 Å². The van der Waals surface area contributed by atoms with Crippen LogP contribution in [0.2, 0.25) is 0 Å². The van der Waals surface area contributed by atoms with Gasteiger partial charge in [-0.15, -0.1) is 0 Å². The molecule has 0 aliphatic heterocycles. The van der Waals surface area contributed by atoms with Crippen molar-refractivity contribution in [3.8, 4) is 11.3 Å². The quantitative estimate of drug-likeness (QED) is 0.713. The van der Waals surface area contributed by atoms with Gasteiger partial charge in [0, 0.05) is 11.8 Å². The summed E-state index contributed by atoms with van der Waals surface area (Å²) in [5, 5.41) is 0. The molecular weight excluding hydrogens is 182 g/mol. The summed E-state index contributed by atoms with van der Waals surface area (Å²) >= 11 is 0. The second-order valence-corrected chi connectivity index (χ2v) is 4.11. The molecule has 3 rings (SSSR count). The molecule has 15 heavy (non-hydrogen) atoms. The first-order valence-electron chi connectivity index (χ1n) is 5.45. The van der Waals surface area contributed by atoms with E-state index in [1.807, 2.05) is 18.3 Å². The second-order valence-electron chi connectivity index (χ2n) is 4.11. The zero-order chi connectivity index (χ0) is 10.1. The van der Waals surface area contributed by atoms with E-state index in [2.05, 4.69) is 35.3 Å². The zero-order valence-electron chi connectivity index (χ0n) is 8.56. The fourth-order valence-corrected chi connectivity index (χ4v) is 1.90. The van der Waals surface area contributed by atoms with E-state index in [9.17, 15) is 0 Å². The van der Waals surface area contributed by atoms with Crippen LogP contribution in [0.3, 0.4) is 0 Å². The Kier molecular flexibility index (Phi) is 2.02. The van der Waals surface area contributed by atoms with Crippen LogP contribution in [-0.2, 0) is 0 Å². The normalized spacial score (nSPS) is 15.2. The van der Waals surface area contributed by atoms with E-state index in [0.717, 1.165) is 11.6 Å². The minimum atomic E-state index is 0.814. The molecule has 0 unspecified atom stereocenters.